The van der Waals surface area contributed by atoms with Crippen LogP contribution in [0, 0.1) is 5.92 Å². The fraction of sp³-hybridized carbons (Fsp3) is 0.500. The van der Waals surface area contributed by atoms with Gasteiger partial charge in [0.25, 0.3) is 5.91 Å². The number of amides is 1. The van der Waals surface area contributed by atoms with E-state index < -0.39 is 0 Å². The van der Waals surface area contributed by atoms with Crippen LogP contribution in [0.1, 0.15) is 10.4 Å². The highest BCUT2D eigenvalue weighted by Gasteiger charge is 2.24. The Morgan fingerprint density at radius 3 is 3.05 bits per heavy atom. The Morgan fingerprint density at radius 2 is 2.20 bits per heavy atom. The first kappa shape index (κ1) is 13.2. The number of fused-ring (bicyclic) bond motifs is 1. The van der Waals surface area contributed by atoms with Crippen LogP contribution in [0.5, 0.6) is 11.5 Å². The smallest absolute Gasteiger partial charge is 0.254 e. The molecule has 0 aliphatic carbocycles. The number of carbonyl (C=O) groups excluding carboxylic acids is 1. The molecule has 3 rings (SSSR count). The quantitative estimate of drug-likeness (QED) is 0.853. The minimum absolute atomic E-state index is 0.0188. The largest absolute Gasteiger partial charge is 0.454 e. The normalized spacial score (nSPS) is 21.6. The molecule has 108 valence electrons. The van der Waals surface area contributed by atoms with Crippen LogP contribution in [0.4, 0.5) is 0 Å². The molecule has 20 heavy (non-hydrogen) atoms. The minimum atomic E-state index is -0.0766. The molecule has 1 aromatic carbocycles. The summed E-state index contributed by atoms with van der Waals surface area (Å²) in [5.74, 6) is 1.15. The summed E-state index contributed by atoms with van der Waals surface area (Å²) >= 11 is 0. The second-order valence-electron chi connectivity index (χ2n) is 4.94. The summed E-state index contributed by atoms with van der Waals surface area (Å²) in [6.07, 6.45) is 0. The highest BCUT2D eigenvalue weighted by atomic mass is 16.7. The lowest BCUT2D eigenvalue weighted by Crippen LogP contribution is -2.36. The van der Waals surface area contributed by atoms with Crippen molar-refractivity contribution in [1.29, 1.82) is 0 Å². The first-order valence-corrected chi connectivity index (χ1v) is 6.65. The number of rotatable bonds is 2. The van der Waals surface area contributed by atoms with E-state index in [-0.39, 0.29) is 25.2 Å². The van der Waals surface area contributed by atoms with Crippen LogP contribution in [0.2, 0.25) is 0 Å². The topological polar surface area (TPSA) is 68.2 Å². The van der Waals surface area contributed by atoms with Crippen LogP contribution in [0.15, 0.2) is 18.2 Å². The van der Waals surface area contributed by atoms with Crippen molar-refractivity contribution < 1.29 is 24.1 Å². The van der Waals surface area contributed by atoms with Crippen molar-refractivity contribution in [2.75, 3.05) is 39.7 Å². The zero-order valence-corrected chi connectivity index (χ0v) is 11.1. The summed E-state index contributed by atoms with van der Waals surface area (Å²) < 4.78 is 15.9. The third kappa shape index (κ3) is 2.57. The molecule has 1 N–H and O–H groups in total. The van der Waals surface area contributed by atoms with Crippen molar-refractivity contribution >= 4 is 5.91 Å². The second-order valence-corrected chi connectivity index (χ2v) is 4.94. The Hall–Kier alpha value is -1.79. The summed E-state index contributed by atoms with van der Waals surface area (Å²) in [7, 11) is 0. The number of hydrogen-bond acceptors (Lipinski definition) is 5. The standard InChI is InChI=1S/C14H17NO5/c16-7-10-6-15(3-4-18-8-10)14(17)11-1-2-12-13(5-11)20-9-19-12/h1-2,5,10,16H,3-4,6-9H2/t10-/m1/s1. The average Bonchev–Trinajstić information content (AvgIpc) is 2.81. The van der Waals surface area contributed by atoms with Crippen molar-refractivity contribution in [2.24, 2.45) is 5.92 Å². The second kappa shape index (κ2) is 5.68. The van der Waals surface area contributed by atoms with Gasteiger partial charge in [-0.1, -0.05) is 0 Å². The first-order chi connectivity index (χ1) is 9.78. The maximum absolute atomic E-state index is 12.5. The molecule has 6 heteroatoms. The zero-order chi connectivity index (χ0) is 13.9. The lowest BCUT2D eigenvalue weighted by atomic mass is 10.1. The molecule has 2 aliphatic rings. The third-order valence-electron chi connectivity index (χ3n) is 3.50. The minimum Gasteiger partial charge on any atom is -0.454 e. The van der Waals surface area contributed by atoms with Crippen LogP contribution in [-0.4, -0.2) is 55.6 Å². The molecule has 1 amide bonds. The molecule has 1 fully saturated rings. The molecule has 1 atom stereocenters. The van der Waals surface area contributed by atoms with E-state index in [1.54, 1.807) is 23.1 Å². The number of carbonyl (C=O) groups is 1. The van der Waals surface area contributed by atoms with Crippen molar-refractivity contribution in [3.63, 3.8) is 0 Å². The maximum atomic E-state index is 12.5. The molecule has 2 aliphatic heterocycles. The number of aliphatic hydroxyl groups excluding tert-OH is 1. The molecule has 0 aromatic heterocycles. The average molecular weight is 279 g/mol. The Kier molecular flexibility index (Phi) is 3.75. The van der Waals surface area contributed by atoms with E-state index in [0.29, 0.717) is 43.4 Å². The van der Waals surface area contributed by atoms with Crippen LogP contribution >= 0.6 is 0 Å². The fourth-order valence-corrected chi connectivity index (χ4v) is 2.39. The lowest BCUT2D eigenvalue weighted by Gasteiger charge is -2.22. The Balaban J connectivity index is 1.77. The summed E-state index contributed by atoms with van der Waals surface area (Å²) in [5, 5.41) is 9.26. The molecule has 1 aromatic rings. The Bertz CT molecular complexity index is 504. The van der Waals surface area contributed by atoms with E-state index in [4.69, 9.17) is 14.2 Å². The van der Waals surface area contributed by atoms with E-state index in [2.05, 4.69) is 0 Å². The van der Waals surface area contributed by atoms with E-state index in [9.17, 15) is 9.90 Å². The van der Waals surface area contributed by atoms with Crippen LogP contribution in [0.3, 0.4) is 0 Å². The third-order valence-corrected chi connectivity index (χ3v) is 3.50. The van der Waals surface area contributed by atoms with Crippen molar-refractivity contribution in [1.82, 2.24) is 4.90 Å². The van der Waals surface area contributed by atoms with E-state index >= 15 is 0 Å². The molecule has 0 radical (unpaired) electrons. The molecule has 6 nitrogen and oxygen atoms in total. The van der Waals surface area contributed by atoms with Gasteiger partial charge in [-0.25, -0.2) is 0 Å². The van der Waals surface area contributed by atoms with Crippen LogP contribution < -0.4 is 9.47 Å². The Morgan fingerprint density at radius 1 is 1.35 bits per heavy atom. The maximum Gasteiger partial charge on any atom is 0.254 e. The highest BCUT2D eigenvalue weighted by molar-refractivity contribution is 5.95. The number of benzene rings is 1. The molecule has 1 saturated heterocycles. The van der Waals surface area contributed by atoms with Gasteiger partial charge < -0.3 is 24.2 Å². The summed E-state index contributed by atoms with van der Waals surface area (Å²) in [4.78, 5) is 14.2. The summed E-state index contributed by atoms with van der Waals surface area (Å²) in [6, 6.07) is 5.17. The van der Waals surface area contributed by atoms with Gasteiger partial charge in [-0.15, -0.1) is 0 Å². The van der Waals surface area contributed by atoms with Crippen molar-refractivity contribution in [3.05, 3.63) is 23.8 Å². The number of hydrogen-bond donors (Lipinski definition) is 1. The van der Waals surface area contributed by atoms with Crippen molar-refractivity contribution in [3.8, 4) is 11.5 Å². The van der Waals surface area contributed by atoms with Gasteiger partial charge in [-0.05, 0) is 18.2 Å². The highest BCUT2D eigenvalue weighted by Crippen LogP contribution is 2.32. The molecular weight excluding hydrogens is 262 g/mol. The van der Waals surface area contributed by atoms with Gasteiger partial charge in [0.2, 0.25) is 6.79 Å². The summed E-state index contributed by atoms with van der Waals surface area (Å²) in [6.45, 7) is 2.23. The van der Waals surface area contributed by atoms with Gasteiger partial charge in [0.1, 0.15) is 0 Å². The summed E-state index contributed by atoms with van der Waals surface area (Å²) in [5.41, 5.74) is 0.563. The fourth-order valence-electron chi connectivity index (χ4n) is 2.39. The number of aliphatic hydroxyl groups is 1. The lowest BCUT2D eigenvalue weighted by molar-refractivity contribution is 0.0728. The predicted octanol–water partition coefficient (Wildman–Crippen LogP) is 0.496. The molecule has 0 saturated carbocycles. The van der Waals surface area contributed by atoms with E-state index in [1.165, 1.54) is 0 Å². The number of ether oxygens (including phenoxy) is 3. The molecular formula is C14H17NO5. The van der Waals surface area contributed by atoms with Gasteiger partial charge in [-0.2, -0.15) is 0 Å². The molecule has 0 spiro atoms. The molecule has 0 bridgehead atoms. The molecule has 2 heterocycles. The number of nitrogens with zero attached hydrogens (tertiary/aromatic N) is 1. The van der Waals surface area contributed by atoms with Gasteiger partial charge in [0.15, 0.2) is 11.5 Å². The van der Waals surface area contributed by atoms with Crippen LogP contribution in [-0.2, 0) is 4.74 Å². The monoisotopic (exact) mass is 279 g/mol. The molecule has 0 unspecified atom stereocenters. The van der Waals surface area contributed by atoms with E-state index in [0.717, 1.165) is 0 Å². The van der Waals surface area contributed by atoms with Crippen LogP contribution in [0.25, 0.3) is 0 Å². The van der Waals surface area contributed by atoms with Crippen molar-refractivity contribution in [2.45, 2.75) is 0 Å². The van der Waals surface area contributed by atoms with E-state index in [1.807, 2.05) is 0 Å². The van der Waals surface area contributed by atoms with Gasteiger partial charge in [0, 0.05) is 31.2 Å². The predicted molar refractivity (Wildman–Crippen MR) is 69.9 cm³/mol. The van der Waals surface area contributed by atoms with Gasteiger partial charge >= 0.3 is 0 Å². The van der Waals surface area contributed by atoms with Gasteiger partial charge in [-0.3, -0.25) is 4.79 Å². The Labute approximate surface area is 116 Å². The first-order valence-electron chi connectivity index (χ1n) is 6.65. The zero-order valence-electron chi connectivity index (χ0n) is 11.1. The SMILES string of the molecule is O=C(c1ccc2c(c1)OCO2)N1CCOC[C@@H](CO)C1. The van der Waals surface area contributed by atoms with Gasteiger partial charge in [0.05, 0.1) is 13.2 Å².